The molecule has 2 N–H and O–H groups in total. The minimum absolute atomic E-state index is 0.00723. The summed E-state index contributed by atoms with van der Waals surface area (Å²) in [7, 11) is 0. The Morgan fingerprint density at radius 3 is 2.83 bits per heavy atom. The van der Waals surface area contributed by atoms with Crippen LogP contribution in [0.5, 0.6) is 0 Å². The van der Waals surface area contributed by atoms with E-state index in [0.29, 0.717) is 25.8 Å². The lowest BCUT2D eigenvalue weighted by molar-refractivity contribution is -0.137. The van der Waals surface area contributed by atoms with E-state index >= 15 is 0 Å². The van der Waals surface area contributed by atoms with Gasteiger partial charge in [0.1, 0.15) is 0 Å². The molecule has 2 rings (SSSR count). The van der Waals surface area contributed by atoms with Crippen LogP contribution in [0.3, 0.4) is 0 Å². The molecule has 1 saturated heterocycles. The lowest BCUT2D eigenvalue weighted by Gasteiger charge is -2.23. The summed E-state index contributed by atoms with van der Waals surface area (Å²) in [5.74, 6) is 7.21. The molecular formula is C24H31NO4S. The number of carboxylic acid groups (broad SMARTS) is 1. The number of aliphatic carboxylic acids is 1. The summed E-state index contributed by atoms with van der Waals surface area (Å²) in [5.41, 5.74) is 0.968. The molecule has 1 fully saturated rings. The van der Waals surface area contributed by atoms with Crippen molar-refractivity contribution in [2.45, 2.75) is 51.2 Å². The summed E-state index contributed by atoms with van der Waals surface area (Å²) in [6, 6.07) is 9.81. The summed E-state index contributed by atoms with van der Waals surface area (Å²) in [5, 5.41) is 19.1. The van der Waals surface area contributed by atoms with Crippen LogP contribution in [-0.4, -0.2) is 57.2 Å². The second kappa shape index (κ2) is 13.1. The number of rotatable bonds is 11. The first kappa shape index (κ1) is 24.0. The molecule has 30 heavy (non-hydrogen) atoms. The SMILES string of the molecule is C[C@@H](CC#Cc1ccccc1)[C@H](O)/C=C/[C@H]1CCC(=O)N1CCSCCCC(=O)O. The molecule has 1 amide bonds. The normalized spacial score (nSPS) is 18.3. The molecule has 6 heteroatoms. The monoisotopic (exact) mass is 429 g/mol. The Labute approximate surface area is 183 Å². The van der Waals surface area contributed by atoms with E-state index < -0.39 is 12.1 Å². The molecule has 1 aliphatic rings. The standard InChI is InChI=1S/C24H31NO4S/c1-19(7-5-10-20-8-3-2-4-9-20)22(26)14-12-21-13-15-23(27)25(21)16-18-30-17-6-11-24(28)29/h2-4,8-9,12,14,19,21-22,26H,6-7,11,13,15-18H2,1H3,(H,28,29)/b14-12+/t19-,21-,22+/m0/s1. The van der Waals surface area contributed by atoms with Gasteiger partial charge in [0.25, 0.3) is 0 Å². The molecule has 1 heterocycles. The highest BCUT2D eigenvalue weighted by Crippen LogP contribution is 2.21. The smallest absolute Gasteiger partial charge is 0.303 e. The number of nitrogens with zero attached hydrogens (tertiary/aromatic N) is 1. The van der Waals surface area contributed by atoms with Crippen molar-refractivity contribution in [2.75, 3.05) is 18.1 Å². The molecule has 0 unspecified atom stereocenters. The first-order chi connectivity index (χ1) is 14.5. The second-order valence-electron chi connectivity index (χ2n) is 7.53. The van der Waals surface area contributed by atoms with Crippen molar-refractivity contribution in [3.63, 3.8) is 0 Å². The Bertz CT molecular complexity index is 768. The highest BCUT2D eigenvalue weighted by molar-refractivity contribution is 7.99. The van der Waals surface area contributed by atoms with Gasteiger partial charge in [-0.1, -0.05) is 49.1 Å². The van der Waals surface area contributed by atoms with Crippen LogP contribution < -0.4 is 0 Å². The van der Waals surface area contributed by atoms with Gasteiger partial charge >= 0.3 is 5.97 Å². The summed E-state index contributed by atoms with van der Waals surface area (Å²) < 4.78 is 0. The van der Waals surface area contributed by atoms with Crippen LogP contribution in [0.4, 0.5) is 0 Å². The van der Waals surface area contributed by atoms with Crippen molar-refractivity contribution < 1.29 is 19.8 Å². The number of carbonyl (C=O) groups excluding carboxylic acids is 1. The van der Waals surface area contributed by atoms with Gasteiger partial charge in [-0.3, -0.25) is 9.59 Å². The fourth-order valence-electron chi connectivity index (χ4n) is 3.22. The van der Waals surface area contributed by atoms with E-state index in [0.717, 1.165) is 23.5 Å². The summed E-state index contributed by atoms with van der Waals surface area (Å²) in [4.78, 5) is 24.6. The van der Waals surface area contributed by atoms with Crippen LogP contribution in [0.25, 0.3) is 0 Å². The van der Waals surface area contributed by atoms with Crippen molar-refractivity contribution in [2.24, 2.45) is 5.92 Å². The molecular weight excluding hydrogens is 398 g/mol. The van der Waals surface area contributed by atoms with Gasteiger partial charge in [0, 0.05) is 37.1 Å². The molecule has 1 aromatic rings. The molecule has 0 saturated carbocycles. The number of amides is 1. The Morgan fingerprint density at radius 2 is 2.10 bits per heavy atom. The van der Waals surface area contributed by atoms with E-state index in [1.807, 2.05) is 48.2 Å². The second-order valence-corrected chi connectivity index (χ2v) is 8.75. The number of aliphatic hydroxyl groups is 1. The number of benzene rings is 1. The van der Waals surface area contributed by atoms with E-state index in [2.05, 4.69) is 11.8 Å². The number of aliphatic hydroxyl groups excluding tert-OH is 1. The summed E-state index contributed by atoms with van der Waals surface area (Å²) in [6.45, 7) is 2.62. The van der Waals surface area contributed by atoms with E-state index in [9.17, 15) is 14.7 Å². The van der Waals surface area contributed by atoms with Crippen LogP contribution in [-0.2, 0) is 9.59 Å². The van der Waals surface area contributed by atoms with Gasteiger partial charge in [-0.15, -0.1) is 0 Å². The largest absolute Gasteiger partial charge is 0.481 e. The maximum atomic E-state index is 12.2. The van der Waals surface area contributed by atoms with Gasteiger partial charge in [-0.2, -0.15) is 11.8 Å². The van der Waals surface area contributed by atoms with Crippen LogP contribution in [0, 0.1) is 17.8 Å². The van der Waals surface area contributed by atoms with Gasteiger partial charge < -0.3 is 15.1 Å². The van der Waals surface area contributed by atoms with Gasteiger partial charge in [-0.25, -0.2) is 0 Å². The Balaban J connectivity index is 1.76. The molecule has 0 spiro atoms. The molecule has 1 aliphatic heterocycles. The average molecular weight is 430 g/mol. The van der Waals surface area contributed by atoms with Crippen molar-refractivity contribution >= 4 is 23.6 Å². The molecule has 1 aromatic carbocycles. The van der Waals surface area contributed by atoms with Crippen molar-refractivity contribution in [3.05, 3.63) is 48.0 Å². The Hall–Kier alpha value is -2.23. The highest BCUT2D eigenvalue weighted by Gasteiger charge is 2.28. The third-order valence-corrected chi connectivity index (χ3v) is 6.12. The van der Waals surface area contributed by atoms with Crippen LogP contribution in [0.1, 0.15) is 44.6 Å². The third-order valence-electron chi connectivity index (χ3n) is 5.07. The molecule has 0 bridgehead atoms. The van der Waals surface area contributed by atoms with Crippen molar-refractivity contribution in [3.8, 4) is 11.8 Å². The zero-order valence-corrected chi connectivity index (χ0v) is 18.3. The van der Waals surface area contributed by atoms with Crippen LogP contribution in [0.2, 0.25) is 0 Å². The molecule has 3 atom stereocenters. The quantitative estimate of drug-likeness (QED) is 0.319. The maximum absolute atomic E-state index is 12.2. The fourth-order valence-corrected chi connectivity index (χ4v) is 4.10. The number of carboxylic acids is 1. The Morgan fingerprint density at radius 1 is 1.33 bits per heavy atom. The number of hydrogen-bond donors (Lipinski definition) is 2. The zero-order chi connectivity index (χ0) is 21.8. The first-order valence-electron chi connectivity index (χ1n) is 10.5. The van der Waals surface area contributed by atoms with E-state index in [1.165, 1.54) is 0 Å². The average Bonchev–Trinajstić information content (AvgIpc) is 3.08. The predicted octanol–water partition coefficient (Wildman–Crippen LogP) is 3.57. The molecule has 0 aliphatic carbocycles. The summed E-state index contributed by atoms with van der Waals surface area (Å²) in [6.07, 6.45) is 5.89. The molecule has 5 nitrogen and oxygen atoms in total. The van der Waals surface area contributed by atoms with Gasteiger partial charge in [0.05, 0.1) is 12.1 Å². The first-order valence-corrected chi connectivity index (χ1v) is 11.6. The van der Waals surface area contributed by atoms with Gasteiger partial charge in [-0.05, 0) is 36.6 Å². The minimum atomic E-state index is -0.769. The maximum Gasteiger partial charge on any atom is 0.303 e. The fraction of sp³-hybridized carbons (Fsp3) is 0.500. The van der Waals surface area contributed by atoms with Gasteiger partial charge in [0.2, 0.25) is 5.91 Å². The van der Waals surface area contributed by atoms with E-state index in [-0.39, 0.29) is 24.3 Å². The van der Waals surface area contributed by atoms with E-state index in [1.54, 1.807) is 17.8 Å². The van der Waals surface area contributed by atoms with Crippen molar-refractivity contribution in [1.29, 1.82) is 0 Å². The van der Waals surface area contributed by atoms with Crippen molar-refractivity contribution in [1.82, 2.24) is 4.90 Å². The van der Waals surface area contributed by atoms with Gasteiger partial charge in [0.15, 0.2) is 0 Å². The topological polar surface area (TPSA) is 77.8 Å². The molecule has 162 valence electrons. The highest BCUT2D eigenvalue weighted by atomic mass is 32.2. The lowest BCUT2D eigenvalue weighted by Crippen LogP contribution is -2.34. The minimum Gasteiger partial charge on any atom is -0.481 e. The molecule has 0 radical (unpaired) electrons. The number of likely N-dealkylation sites (tertiary alicyclic amines) is 1. The van der Waals surface area contributed by atoms with Crippen LogP contribution >= 0.6 is 11.8 Å². The predicted molar refractivity (Wildman–Crippen MR) is 121 cm³/mol. The third kappa shape index (κ3) is 8.64. The van der Waals surface area contributed by atoms with E-state index in [4.69, 9.17) is 5.11 Å². The lowest BCUT2D eigenvalue weighted by atomic mass is 9.99. The number of thioether (sulfide) groups is 1. The number of carbonyl (C=O) groups is 2. The Kier molecular flexibility index (Phi) is 10.5. The summed E-state index contributed by atoms with van der Waals surface area (Å²) >= 11 is 1.68. The zero-order valence-electron chi connectivity index (χ0n) is 17.5. The molecule has 0 aromatic heterocycles. The number of hydrogen-bond acceptors (Lipinski definition) is 4. The van der Waals surface area contributed by atoms with Crippen LogP contribution in [0.15, 0.2) is 42.5 Å².